The fraction of sp³-hybridized carbons (Fsp3) is 0.462. The molecule has 2 heterocycles. The van der Waals surface area contributed by atoms with Gasteiger partial charge in [-0.1, -0.05) is 24.3 Å². The Hall–Kier alpha value is -2.67. The van der Waals surface area contributed by atoms with Crippen LogP contribution in [-0.4, -0.2) is 45.3 Å². The van der Waals surface area contributed by atoms with E-state index in [2.05, 4.69) is 31.4 Å². The van der Waals surface area contributed by atoms with E-state index in [0.717, 1.165) is 54.6 Å². The minimum Gasteiger partial charge on any atom is -0.330 e. The molecule has 210 valence electrons. The second kappa shape index (κ2) is 10.7. The Morgan fingerprint density at radius 1 is 1.05 bits per heavy atom. The van der Waals surface area contributed by atoms with Gasteiger partial charge in [0.15, 0.2) is 0 Å². The van der Waals surface area contributed by atoms with Gasteiger partial charge in [0.25, 0.3) is 0 Å². The molecule has 2 aliphatic heterocycles. The molecule has 10 nitrogen and oxygen atoms in total. The van der Waals surface area contributed by atoms with Crippen molar-refractivity contribution in [1.29, 1.82) is 0 Å². The van der Waals surface area contributed by atoms with Crippen molar-refractivity contribution in [3.8, 4) is 0 Å². The van der Waals surface area contributed by atoms with Gasteiger partial charge in [0.2, 0.25) is 31.0 Å². The molecule has 2 aromatic carbocycles. The summed E-state index contributed by atoms with van der Waals surface area (Å²) >= 11 is 5.55. The molecule has 6 rings (SSSR count). The van der Waals surface area contributed by atoms with Gasteiger partial charge >= 0.3 is 0 Å². The van der Waals surface area contributed by atoms with Crippen LogP contribution in [0.4, 0.5) is 11.4 Å². The monoisotopic (exact) mass is 592 g/mol. The molecule has 2 unspecified atom stereocenters. The summed E-state index contributed by atoms with van der Waals surface area (Å²) in [5.74, 6) is 0.281. The molecule has 0 spiro atoms. The lowest BCUT2D eigenvalue weighted by Crippen LogP contribution is -2.45. The van der Waals surface area contributed by atoms with E-state index in [1.807, 2.05) is 30.3 Å². The first-order valence-corrected chi connectivity index (χ1v) is 16.9. The minimum absolute atomic E-state index is 0.0352. The maximum absolute atomic E-state index is 12.2. The van der Waals surface area contributed by atoms with Crippen LogP contribution in [0.25, 0.3) is 0 Å². The van der Waals surface area contributed by atoms with Crippen LogP contribution in [0.2, 0.25) is 0 Å². The SMILES string of the molecule is CCS(=O)(=O)NC1=NC2CCCc3cccc(c32)N1.NC12CCCc3cccc(c31)NC(S(=O)(=O)CCCl)=N2. The highest BCUT2D eigenvalue weighted by Crippen LogP contribution is 2.42. The molecule has 4 aliphatic rings. The van der Waals surface area contributed by atoms with Crippen molar-refractivity contribution in [3.63, 3.8) is 0 Å². The first-order valence-electron chi connectivity index (χ1n) is 13.1. The third-order valence-corrected chi connectivity index (χ3v) is 10.6. The van der Waals surface area contributed by atoms with Crippen LogP contribution in [-0.2, 0) is 38.4 Å². The molecule has 0 bridgehead atoms. The lowest BCUT2D eigenvalue weighted by atomic mass is 9.81. The number of aliphatic imine (C=N–C) groups is 2. The van der Waals surface area contributed by atoms with E-state index in [4.69, 9.17) is 17.3 Å². The molecule has 39 heavy (non-hydrogen) atoms. The molecule has 2 aromatic rings. The normalized spacial score (nSPS) is 22.9. The largest absolute Gasteiger partial charge is 0.330 e. The third kappa shape index (κ3) is 5.65. The Kier molecular flexibility index (Phi) is 7.66. The van der Waals surface area contributed by atoms with Crippen molar-refractivity contribution >= 4 is 54.0 Å². The number of rotatable bonds is 4. The molecular formula is C26H33ClN6O4S2. The molecule has 13 heteroatoms. The number of guanidine groups is 1. The van der Waals surface area contributed by atoms with Gasteiger partial charge in [-0.05, 0) is 68.7 Å². The number of sulfone groups is 1. The van der Waals surface area contributed by atoms with Crippen LogP contribution in [0.5, 0.6) is 0 Å². The maximum atomic E-state index is 12.2. The molecule has 0 radical (unpaired) electrons. The molecule has 0 amide bonds. The average molecular weight is 593 g/mol. The number of hydrogen-bond acceptors (Lipinski definition) is 9. The summed E-state index contributed by atoms with van der Waals surface area (Å²) in [6, 6.07) is 12.0. The second-order valence-corrected chi connectivity index (χ2v) is 14.5. The minimum atomic E-state index is -3.52. The predicted molar refractivity (Wildman–Crippen MR) is 157 cm³/mol. The van der Waals surface area contributed by atoms with E-state index in [9.17, 15) is 16.8 Å². The van der Waals surface area contributed by atoms with Gasteiger partial charge in [0.05, 0.1) is 17.5 Å². The molecular weight excluding hydrogens is 560 g/mol. The Morgan fingerprint density at radius 2 is 1.77 bits per heavy atom. The average Bonchev–Trinajstić information content (AvgIpc) is 2.89. The number of nitrogens with zero attached hydrogens (tertiary/aromatic N) is 2. The lowest BCUT2D eigenvalue weighted by Gasteiger charge is -2.38. The number of nitrogens with two attached hydrogens (primary N) is 1. The number of sulfonamides is 1. The summed E-state index contributed by atoms with van der Waals surface area (Å²) in [4.78, 5) is 8.81. The highest BCUT2D eigenvalue weighted by molar-refractivity contribution is 8.06. The Labute approximate surface area is 234 Å². The maximum Gasteiger partial charge on any atom is 0.234 e. The fourth-order valence-corrected chi connectivity index (χ4v) is 7.67. The van der Waals surface area contributed by atoms with Gasteiger partial charge in [-0.2, -0.15) is 0 Å². The fourth-order valence-electron chi connectivity index (χ4n) is 5.56. The van der Waals surface area contributed by atoms with Crippen LogP contribution >= 0.6 is 11.6 Å². The highest BCUT2D eigenvalue weighted by atomic mass is 35.5. The molecule has 2 aliphatic carbocycles. The van der Waals surface area contributed by atoms with Crippen molar-refractivity contribution in [3.05, 3.63) is 58.7 Å². The predicted octanol–water partition coefficient (Wildman–Crippen LogP) is 3.35. The van der Waals surface area contributed by atoms with Crippen LogP contribution < -0.4 is 21.1 Å². The van der Waals surface area contributed by atoms with Crippen molar-refractivity contribution in [2.24, 2.45) is 15.7 Å². The van der Waals surface area contributed by atoms with Crippen LogP contribution in [0.1, 0.15) is 60.9 Å². The number of alkyl halides is 1. The first-order chi connectivity index (χ1) is 18.5. The topological polar surface area (TPSA) is 155 Å². The highest BCUT2D eigenvalue weighted by Gasteiger charge is 2.40. The Balaban J connectivity index is 0.000000158. The quantitative estimate of drug-likeness (QED) is 0.397. The summed E-state index contributed by atoms with van der Waals surface area (Å²) < 4.78 is 50.1. The molecule has 0 aromatic heterocycles. The van der Waals surface area contributed by atoms with Gasteiger partial charge < -0.3 is 16.4 Å². The van der Waals surface area contributed by atoms with Gasteiger partial charge in [-0.15, -0.1) is 11.6 Å². The first kappa shape index (κ1) is 27.9. The summed E-state index contributed by atoms with van der Waals surface area (Å²) in [7, 11) is -6.81. The van der Waals surface area contributed by atoms with E-state index in [0.29, 0.717) is 12.4 Å². The number of amidine groups is 1. The van der Waals surface area contributed by atoms with Crippen molar-refractivity contribution < 1.29 is 16.8 Å². The molecule has 0 saturated heterocycles. The van der Waals surface area contributed by atoms with Crippen LogP contribution in [0.3, 0.4) is 0 Å². The van der Waals surface area contributed by atoms with Gasteiger partial charge in [-0.25, -0.2) is 26.8 Å². The number of halogens is 1. The van der Waals surface area contributed by atoms with E-state index in [-0.39, 0.29) is 28.6 Å². The zero-order chi connectivity index (χ0) is 27.8. The Morgan fingerprint density at radius 3 is 2.51 bits per heavy atom. The summed E-state index contributed by atoms with van der Waals surface area (Å²) in [6.07, 6.45) is 5.65. The van der Waals surface area contributed by atoms with Crippen LogP contribution in [0, 0.1) is 0 Å². The zero-order valence-corrected chi connectivity index (χ0v) is 24.1. The third-order valence-electron chi connectivity index (χ3n) is 7.39. The van der Waals surface area contributed by atoms with E-state index in [1.54, 1.807) is 6.92 Å². The molecule has 0 fully saturated rings. The van der Waals surface area contributed by atoms with E-state index < -0.39 is 25.5 Å². The number of aryl methyl sites for hydroxylation is 2. The lowest BCUT2D eigenvalue weighted by molar-refractivity contribution is 0.389. The number of hydrogen-bond donors (Lipinski definition) is 4. The van der Waals surface area contributed by atoms with Crippen LogP contribution in [0.15, 0.2) is 46.4 Å². The van der Waals surface area contributed by atoms with E-state index in [1.165, 1.54) is 11.1 Å². The number of anilines is 2. The van der Waals surface area contributed by atoms with Gasteiger partial charge in [0, 0.05) is 28.4 Å². The summed E-state index contributed by atoms with van der Waals surface area (Å²) in [5.41, 5.74) is 11.8. The van der Waals surface area contributed by atoms with Gasteiger partial charge in [0.1, 0.15) is 5.66 Å². The van der Waals surface area contributed by atoms with Crippen molar-refractivity contribution in [2.75, 3.05) is 28.0 Å². The smallest absolute Gasteiger partial charge is 0.234 e. The number of benzene rings is 2. The standard InChI is InChI=1S/C13H16ClN3O2S.C13H17N3O2S/c14-7-8-20(18,19)12-16-10-5-1-3-9-4-2-6-13(15,17-12)11(9)10;1-2-19(17,18)16-13-14-10-7-3-5-9-6-4-8-11(15-13)12(9)10/h1,3,5H,2,4,6-8,15H2,(H,16,17);3,5,7,11H,2,4,6,8H2,1H3,(H2,14,15,16). The molecule has 2 atom stereocenters. The zero-order valence-electron chi connectivity index (χ0n) is 21.7. The second-order valence-electron chi connectivity index (χ2n) is 10.1. The summed E-state index contributed by atoms with van der Waals surface area (Å²) in [5, 5.41) is 5.93. The van der Waals surface area contributed by atoms with Gasteiger partial charge in [-0.3, -0.25) is 4.72 Å². The van der Waals surface area contributed by atoms with E-state index >= 15 is 0 Å². The molecule has 5 N–H and O–H groups in total. The summed E-state index contributed by atoms with van der Waals surface area (Å²) in [6.45, 7) is 1.61. The Bertz CT molecular complexity index is 1560. The van der Waals surface area contributed by atoms with Crippen molar-refractivity contribution in [2.45, 2.75) is 57.2 Å². The van der Waals surface area contributed by atoms with Crippen molar-refractivity contribution in [1.82, 2.24) is 4.72 Å². The molecule has 0 saturated carbocycles. The number of nitrogens with one attached hydrogen (secondary N) is 3.